The maximum Gasteiger partial charge on any atom is 0.244 e. The molecule has 3 heteroatoms. The van der Waals surface area contributed by atoms with Gasteiger partial charge < -0.3 is 5.32 Å². The van der Waals surface area contributed by atoms with Crippen LogP contribution in [0.1, 0.15) is 16.7 Å². The fourth-order valence-electron chi connectivity index (χ4n) is 1.70. The first-order valence-electron chi connectivity index (χ1n) is 6.40. The van der Waals surface area contributed by atoms with Gasteiger partial charge in [-0.25, -0.2) is 4.39 Å². The van der Waals surface area contributed by atoms with Crippen molar-refractivity contribution >= 4 is 12.0 Å². The lowest BCUT2D eigenvalue weighted by molar-refractivity contribution is -0.116. The van der Waals surface area contributed by atoms with E-state index >= 15 is 0 Å². The third-order valence-electron chi connectivity index (χ3n) is 2.88. The van der Waals surface area contributed by atoms with Gasteiger partial charge in [0.15, 0.2) is 0 Å². The van der Waals surface area contributed by atoms with Crippen LogP contribution in [0, 0.1) is 12.7 Å². The van der Waals surface area contributed by atoms with Crippen LogP contribution in [-0.2, 0) is 11.3 Å². The van der Waals surface area contributed by atoms with Gasteiger partial charge in [-0.3, -0.25) is 4.79 Å². The highest BCUT2D eigenvalue weighted by Gasteiger charge is 1.97. The molecule has 0 unspecified atom stereocenters. The summed E-state index contributed by atoms with van der Waals surface area (Å²) in [6, 6.07) is 14.0. The first-order chi connectivity index (χ1) is 9.63. The van der Waals surface area contributed by atoms with Gasteiger partial charge in [0.05, 0.1) is 0 Å². The Labute approximate surface area is 118 Å². The van der Waals surface area contributed by atoms with E-state index in [0.717, 1.165) is 11.1 Å². The molecule has 0 saturated heterocycles. The number of nitrogens with one attached hydrogen (secondary N) is 1. The summed E-state index contributed by atoms with van der Waals surface area (Å²) >= 11 is 0. The minimum Gasteiger partial charge on any atom is -0.348 e. The molecule has 0 atom stereocenters. The topological polar surface area (TPSA) is 29.1 Å². The maximum absolute atomic E-state index is 12.7. The molecule has 0 spiro atoms. The van der Waals surface area contributed by atoms with Crippen molar-refractivity contribution < 1.29 is 9.18 Å². The SMILES string of the molecule is Cc1ccc(C=CC(=O)NCc2ccc(F)cc2)cc1. The summed E-state index contributed by atoms with van der Waals surface area (Å²) in [5.74, 6) is -0.450. The van der Waals surface area contributed by atoms with Crippen LogP contribution >= 0.6 is 0 Å². The molecule has 0 aliphatic heterocycles. The van der Waals surface area contributed by atoms with Crippen LogP contribution in [0.15, 0.2) is 54.6 Å². The van der Waals surface area contributed by atoms with Gasteiger partial charge in [0.25, 0.3) is 0 Å². The molecule has 2 aromatic rings. The number of carbonyl (C=O) groups is 1. The first-order valence-corrected chi connectivity index (χ1v) is 6.40. The van der Waals surface area contributed by atoms with Crippen molar-refractivity contribution in [3.63, 3.8) is 0 Å². The predicted molar refractivity (Wildman–Crippen MR) is 78.5 cm³/mol. The largest absolute Gasteiger partial charge is 0.348 e. The van der Waals surface area contributed by atoms with E-state index in [0.29, 0.717) is 6.54 Å². The Bertz CT molecular complexity index is 600. The average Bonchev–Trinajstić information content (AvgIpc) is 2.46. The van der Waals surface area contributed by atoms with E-state index in [1.807, 2.05) is 31.2 Å². The molecule has 0 saturated carbocycles. The monoisotopic (exact) mass is 269 g/mol. The highest BCUT2D eigenvalue weighted by Crippen LogP contribution is 2.05. The maximum atomic E-state index is 12.7. The molecule has 2 aromatic carbocycles. The van der Waals surface area contributed by atoms with Gasteiger partial charge in [0.1, 0.15) is 5.82 Å². The third-order valence-corrected chi connectivity index (χ3v) is 2.88. The van der Waals surface area contributed by atoms with Crippen molar-refractivity contribution in [2.24, 2.45) is 0 Å². The van der Waals surface area contributed by atoms with Gasteiger partial charge in [-0.2, -0.15) is 0 Å². The van der Waals surface area contributed by atoms with Crippen LogP contribution in [0.4, 0.5) is 4.39 Å². The highest BCUT2D eigenvalue weighted by molar-refractivity contribution is 5.91. The highest BCUT2D eigenvalue weighted by atomic mass is 19.1. The number of hydrogen-bond acceptors (Lipinski definition) is 1. The number of benzene rings is 2. The second-order valence-electron chi connectivity index (χ2n) is 4.59. The second-order valence-corrected chi connectivity index (χ2v) is 4.59. The van der Waals surface area contributed by atoms with Gasteiger partial charge in [0.2, 0.25) is 5.91 Å². The van der Waals surface area contributed by atoms with Gasteiger partial charge in [-0.15, -0.1) is 0 Å². The molecule has 0 bridgehead atoms. The van der Waals surface area contributed by atoms with Gasteiger partial charge in [0, 0.05) is 12.6 Å². The number of amides is 1. The molecule has 2 rings (SSSR count). The number of carbonyl (C=O) groups excluding carboxylic acids is 1. The van der Waals surface area contributed by atoms with Crippen molar-refractivity contribution in [1.82, 2.24) is 5.32 Å². The van der Waals surface area contributed by atoms with Crippen molar-refractivity contribution in [2.75, 3.05) is 0 Å². The van der Waals surface area contributed by atoms with Gasteiger partial charge in [-0.05, 0) is 36.3 Å². The standard InChI is InChI=1S/C17H16FNO/c1-13-2-4-14(5-3-13)8-11-17(20)19-12-15-6-9-16(18)10-7-15/h2-11H,12H2,1H3,(H,19,20). The van der Waals surface area contributed by atoms with Crippen molar-refractivity contribution in [1.29, 1.82) is 0 Å². The van der Waals surface area contributed by atoms with Crippen molar-refractivity contribution in [2.45, 2.75) is 13.5 Å². The van der Waals surface area contributed by atoms with Crippen LogP contribution in [0.2, 0.25) is 0 Å². The van der Waals surface area contributed by atoms with E-state index < -0.39 is 0 Å². The molecule has 1 amide bonds. The van der Waals surface area contributed by atoms with E-state index in [4.69, 9.17) is 0 Å². The number of rotatable bonds is 4. The lowest BCUT2D eigenvalue weighted by Crippen LogP contribution is -2.20. The molecule has 0 aliphatic carbocycles. The van der Waals surface area contributed by atoms with Crippen LogP contribution in [0.25, 0.3) is 6.08 Å². The minimum atomic E-state index is -0.278. The molecule has 102 valence electrons. The Kier molecular flexibility index (Phi) is 4.66. The van der Waals surface area contributed by atoms with E-state index in [2.05, 4.69) is 5.32 Å². The van der Waals surface area contributed by atoms with Gasteiger partial charge >= 0.3 is 0 Å². The molecule has 0 heterocycles. The summed E-state index contributed by atoms with van der Waals surface area (Å²) in [5, 5.41) is 2.75. The second kappa shape index (κ2) is 6.66. The average molecular weight is 269 g/mol. The van der Waals surface area contributed by atoms with Crippen molar-refractivity contribution in [3.8, 4) is 0 Å². The fourth-order valence-corrected chi connectivity index (χ4v) is 1.70. The third kappa shape index (κ3) is 4.35. The zero-order chi connectivity index (χ0) is 14.4. The Morgan fingerprint density at radius 2 is 1.75 bits per heavy atom. The number of halogens is 1. The predicted octanol–water partition coefficient (Wildman–Crippen LogP) is 3.46. The zero-order valence-corrected chi connectivity index (χ0v) is 11.3. The van der Waals surface area contributed by atoms with Crippen molar-refractivity contribution in [3.05, 3.63) is 77.1 Å². The lowest BCUT2D eigenvalue weighted by Gasteiger charge is -2.02. The summed E-state index contributed by atoms with van der Waals surface area (Å²) < 4.78 is 12.7. The quantitative estimate of drug-likeness (QED) is 0.846. The summed E-state index contributed by atoms with van der Waals surface area (Å²) in [6.45, 7) is 2.40. The molecule has 0 aliphatic rings. The van der Waals surface area contributed by atoms with E-state index in [1.165, 1.54) is 23.8 Å². The molecule has 2 nitrogen and oxygen atoms in total. The molecule has 0 fully saturated rings. The Balaban J connectivity index is 1.86. The summed E-state index contributed by atoms with van der Waals surface area (Å²) in [6.07, 6.45) is 3.26. The Hall–Kier alpha value is -2.42. The Morgan fingerprint density at radius 3 is 2.40 bits per heavy atom. The molecule has 0 radical (unpaired) electrons. The molecule has 0 aromatic heterocycles. The molecule has 1 N–H and O–H groups in total. The fraction of sp³-hybridized carbons (Fsp3) is 0.118. The van der Waals surface area contributed by atoms with Crippen LogP contribution in [0.5, 0.6) is 0 Å². The summed E-state index contributed by atoms with van der Waals surface area (Å²) in [4.78, 5) is 11.7. The zero-order valence-electron chi connectivity index (χ0n) is 11.3. The summed E-state index contributed by atoms with van der Waals surface area (Å²) in [7, 11) is 0. The lowest BCUT2D eigenvalue weighted by atomic mass is 10.1. The normalized spacial score (nSPS) is 10.7. The Morgan fingerprint density at radius 1 is 1.10 bits per heavy atom. The molecule has 20 heavy (non-hydrogen) atoms. The van der Waals surface area contributed by atoms with Crippen LogP contribution in [0.3, 0.4) is 0 Å². The molecular weight excluding hydrogens is 253 g/mol. The number of aryl methyl sites for hydroxylation is 1. The van der Waals surface area contributed by atoms with Crippen LogP contribution < -0.4 is 5.32 Å². The van der Waals surface area contributed by atoms with E-state index in [1.54, 1.807) is 18.2 Å². The van der Waals surface area contributed by atoms with Crippen LogP contribution in [-0.4, -0.2) is 5.91 Å². The van der Waals surface area contributed by atoms with E-state index in [9.17, 15) is 9.18 Å². The van der Waals surface area contributed by atoms with E-state index in [-0.39, 0.29) is 11.7 Å². The molecular formula is C17H16FNO. The van der Waals surface area contributed by atoms with Gasteiger partial charge in [-0.1, -0.05) is 42.0 Å². The first kappa shape index (κ1) is 14.0. The number of hydrogen-bond donors (Lipinski definition) is 1. The summed E-state index contributed by atoms with van der Waals surface area (Å²) in [5.41, 5.74) is 3.03. The smallest absolute Gasteiger partial charge is 0.244 e. The minimum absolute atomic E-state index is 0.171.